The van der Waals surface area contributed by atoms with Gasteiger partial charge in [0.1, 0.15) is 5.82 Å². The summed E-state index contributed by atoms with van der Waals surface area (Å²) < 4.78 is 1.05. The molecule has 0 saturated carbocycles. The van der Waals surface area contributed by atoms with E-state index in [9.17, 15) is 0 Å². The fourth-order valence-corrected chi connectivity index (χ4v) is 2.77. The molecule has 0 fully saturated rings. The number of aryl methyl sites for hydroxylation is 4. The van der Waals surface area contributed by atoms with Gasteiger partial charge in [-0.1, -0.05) is 17.7 Å². The van der Waals surface area contributed by atoms with Crippen molar-refractivity contribution in [3.05, 3.63) is 56.7 Å². The Bertz CT molecular complexity index is 597. The number of rotatable bonds is 4. The number of halogens is 1. The maximum Gasteiger partial charge on any atom is 0.126 e. The summed E-state index contributed by atoms with van der Waals surface area (Å²) in [5.74, 6) is 0.938. The molecule has 2 aromatic rings. The van der Waals surface area contributed by atoms with Gasteiger partial charge in [-0.3, -0.25) is 0 Å². The van der Waals surface area contributed by atoms with Crippen molar-refractivity contribution in [3.8, 4) is 0 Å². The van der Waals surface area contributed by atoms with Gasteiger partial charge in [0.2, 0.25) is 0 Å². The molecular weight excluding hydrogens is 312 g/mol. The molecule has 0 unspecified atom stereocenters. The first-order chi connectivity index (χ1) is 9.47. The van der Waals surface area contributed by atoms with Crippen LogP contribution in [0.15, 0.2) is 28.9 Å². The van der Waals surface area contributed by atoms with Crippen molar-refractivity contribution in [1.82, 2.24) is 4.98 Å². The normalized spacial score (nSPS) is 10.7. The maximum atomic E-state index is 4.37. The van der Waals surface area contributed by atoms with Gasteiger partial charge in [-0.2, -0.15) is 0 Å². The zero-order chi connectivity index (χ0) is 14.7. The van der Waals surface area contributed by atoms with E-state index < -0.39 is 0 Å². The summed E-state index contributed by atoms with van der Waals surface area (Å²) >= 11 is 3.47. The number of aromatic nitrogens is 1. The van der Waals surface area contributed by atoms with Crippen molar-refractivity contribution in [2.75, 3.05) is 11.9 Å². The van der Waals surface area contributed by atoms with Gasteiger partial charge >= 0.3 is 0 Å². The van der Waals surface area contributed by atoms with Crippen LogP contribution in [-0.2, 0) is 6.42 Å². The van der Waals surface area contributed by atoms with E-state index in [0.29, 0.717) is 0 Å². The van der Waals surface area contributed by atoms with E-state index in [2.05, 4.69) is 72.1 Å². The Hall–Kier alpha value is -1.35. The second-order valence-electron chi connectivity index (χ2n) is 5.37. The molecule has 20 heavy (non-hydrogen) atoms. The number of nitrogens with zero attached hydrogens (tertiary/aromatic N) is 1. The predicted molar refractivity (Wildman–Crippen MR) is 89.5 cm³/mol. The first kappa shape index (κ1) is 15.0. The third-order valence-corrected chi connectivity index (χ3v) is 4.40. The highest BCUT2D eigenvalue weighted by atomic mass is 79.9. The van der Waals surface area contributed by atoms with Gasteiger partial charge in [0.15, 0.2) is 0 Å². The molecule has 1 aromatic carbocycles. The quantitative estimate of drug-likeness (QED) is 0.875. The Labute approximate surface area is 129 Å². The van der Waals surface area contributed by atoms with Crippen LogP contribution in [0, 0.1) is 27.7 Å². The third kappa shape index (κ3) is 3.60. The molecule has 0 aliphatic carbocycles. The van der Waals surface area contributed by atoms with Gasteiger partial charge in [0, 0.05) is 17.2 Å². The van der Waals surface area contributed by atoms with Gasteiger partial charge in [0.25, 0.3) is 0 Å². The molecule has 0 spiro atoms. The van der Waals surface area contributed by atoms with Crippen LogP contribution in [0.2, 0.25) is 0 Å². The van der Waals surface area contributed by atoms with Crippen LogP contribution < -0.4 is 5.32 Å². The van der Waals surface area contributed by atoms with Crippen LogP contribution in [0.4, 0.5) is 5.82 Å². The fraction of sp³-hybridized carbons (Fsp3) is 0.353. The highest BCUT2D eigenvalue weighted by Crippen LogP contribution is 2.19. The number of hydrogen-bond acceptors (Lipinski definition) is 2. The van der Waals surface area contributed by atoms with Crippen LogP contribution >= 0.6 is 15.9 Å². The molecule has 0 saturated heterocycles. The van der Waals surface area contributed by atoms with E-state index in [-0.39, 0.29) is 0 Å². The molecule has 2 nitrogen and oxygen atoms in total. The second kappa shape index (κ2) is 6.40. The minimum absolute atomic E-state index is 0.902. The van der Waals surface area contributed by atoms with Crippen LogP contribution in [0.1, 0.15) is 27.8 Å². The zero-order valence-corrected chi connectivity index (χ0v) is 14.1. The Kier molecular flexibility index (Phi) is 4.81. The van der Waals surface area contributed by atoms with E-state index in [4.69, 9.17) is 0 Å². The lowest BCUT2D eigenvalue weighted by Gasteiger charge is -2.12. The molecule has 1 heterocycles. The average molecular weight is 333 g/mol. The number of nitrogens with one attached hydrogen (secondary N) is 1. The molecule has 106 valence electrons. The van der Waals surface area contributed by atoms with Gasteiger partial charge < -0.3 is 5.32 Å². The van der Waals surface area contributed by atoms with E-state index in [1.54, 1.807) is 0 Å². The largest absolute Gasteiger partial charge is 0.370 e. The SMILES string of the molecule is Cc1cc(C)c(CCNc2cc(C)c(Br)cn2)c(C)c1. The molecule has 1 aromatic heterocycles. The molecule has 0 amide bonds. The summed E-state index contributed by atoms with van der Waals surface area (Å²) in [6.45, 7) is 9.51. The number of hydrogen-bond donors (Lipinski definition) is 1. The lowest BCUT2D eigenvalue weighted by molar-refractivity contribution is 0.976. The van der Waals surface area contributed by atoms with Crippen molar-refractivity contribution in [2.24, 2.45) is 0 Å². The Morgan fingerprint density at radius 1 is 1.00 bits per heavy atom. The van der Waals surface area contributed by atoms with E-state index in [1.165, 1.54) is 27.8 Å². The lowest BCUT2D eigenvalue weighted by Crippen LogP contribution is -2.08. The number of pyridine rings is 1. The highest BCUT2D eigenvalue weighted by molar-refractivity contribution is 9.10. The highest BCUT2D eigenvalue weighted by Gasteiger charge is 2.04. The van der Waals surface area contributed by atoms with Crippen molar-refractivity contribution in [2.45, 2.75) is 34.1 Å². The maximum absolute atomic E-state index is 4.37. The monoisotopic (exact) mass is 332 g/mol. The lowest BCUT2D eigenvalue weighted by atomic mass is 9.97. The zero-order valence-electron chi connectivity index (χ0n) is 12.5. The smallest absolute Gasteiger partial charge is 0.126 e. The van der Waals surface area contributed by atoms with E-state index >= 15 is 0 Å². The van der Waals surface area contributed by atoms with Crippen molar-refractivity contribution < 1.29 is 0 Å². The Morgan fingerprint density at radius 2 is 1.65 bits per heavy atom. The summed E-state index contributed by atoms with van der Waals surface area (Å²) in [6.07, 6.45) is 2.87. The standard InChI is InChI=1S/C17H21BrN2/c1-11-7-12(2)15(13(3)8-11)5-6-19-17-9-14(4)16(18)10-20-17/h7-10H,5-6H2,1-4H3,(H,19,20). The summed E-state index contributed by atoms with van der Waals surface area (Å²) in [4.78, 5) is 4.37. The molecule has 0 radical (unpaired) electrons. The molecular formula is C17H21BrN2. The van der Waals surface area contributed by atoms with E-state index in [1.807, 2.05) is 6.20 Å². The minimum atomic E-state index is 0.902. The van der Waals surface area contributed by atoms with Crippen molar-refractivity contribution in [3.63, 3.8) is 0 Å². The van der Waals surface area contributed by atoms with Gasteiger partial charge in [-0.25, -0.2) is 4.98 Å². The summed E-state index contributed by atoms with van der Waals surface area (Å²) in [6, 6.07) is 6.58. The summed E-state index contributed by atoms with van der Waals surface area (Å²) in [5, 5.41) is 3.40. The topological polar surface area (TPSA) is 24.9 Å². The molecule has 3 heteroatoms. The second-order valence-corrected chi connectivity index (χ2v) is 6.23. The van der Waals surface area contributed by atoms with Crippen LogP contribution in [0.5, 0.6) is 0 Å². The Balaban J connectivity index is 2.01. The van der Waals surface area contributed by atoms with Gasteiger partial charge in [-0.05, 0) is 78.4 Å². The molecule has 0 aliphatic heterocycles. The van der Waals surface area contributed by atoms with Crippen LogP contribution in [0.3, 0.4) is 0 Å². The molecule has 2 rings (SSSR count). The van der Waals surface area contributed by atoms with Gasteiger partial charge in [-0.15, -0.1) is 0 Å². The van der Waals surface area contributed by atoms with Gasteiger partial charge in [0.05, 0.1) is 0 Å². The predicted octanol–water partition coefficient (Wildman–Crippen LogP) is 4.73. The molecule has 0 atom stereocenters. The third-order valence-electron chi connectivity index (χ3n) is 3.57. The average Bonchev–Trinajstić information content (AvgIpc) is 2.36. The molecule has 0 aliphatic rings. The molecule has 1 N–H and O–H groups in total. The first-order valence-corrected chi connectivity index (χ1v) is 7.69. The van der Waals surface area contributed by atoms with Crippen molar-refractivity contribution >= 4 is 21.7 Å². The summed E-state index contributed by atoms with van der Waals surface area (Å²) in [5.41, 5.74) is 6.73. The van der Waals surface area contributed by atoms with Crippen LogP contribution in [0.25, 0.3) is 0 Å². The first-order valence-electron chi connectivity index (χ1n) is 6.90. The Morgan fingerprint density at radius 3 is 2.25 bits per heavy atom. The van der Waals surface area contributed by atoms with E-state index in [0.717, 1.165) is 23.3 Å². The summed E-state index contributed by atoms with van der Waals surface area (Å²) in [7, 11) is 0. The minimum Gasteiger partial charge on any atom is -0.370 e. The molecule has 0 bridgehead atoms. The number of benzene rings is 1. The van der Waals surface area contributed by atoms with Crippen molar-refractivity contribution in [1.29, 1.82) is 0 Å². The van der Waals surface area contributed by atoms with Crippen LogP contribution in [-0.4, -0.2) is 11.5 Å². The fourth-order valence-electron chi connectivity index (χ4n) is 2.56. The number of anilines is 1.